The third-order valence-corrected chi connectivity index (χ3v) is 2.95. The molecular weight excluding hydrogens is 236 g/mol. The Balaban J connectivity index is 1.80. The summed E-state index contributed by atoms with van der Waals surface area (Å²) in [4.78, 5) is 4.55. The Morgan fingerprint density at radius 3 is 2.58 bits per heavy atom. The van der Waals surface area contributed by atoms with Gasteiger partial charge in [-0.3, -0.25) is 0 Å². The van der Waals surface area contributed by atoms with Crippen LogP contribution in [0.2, 0.25) is 0 Å². The average molecular weight is 250 g/mol. The van der Waals surface area contributed by atoms with Crippen LogP contribution < -0.4 is 10.5 Å². The van der Waals surface area contributed by atoms with E-state index in [0.717, 1.165) is 16.6 Å². The summed E-state index contributed by atoms with van der Waals surface area (Å²) in [6.45, 7) is 0.416. The number of anilines is 1. The maximum Gasteiger partial charge on any atom is 0.142 e. The lowest BCUT2D eigenvalue weighted by atomic mass is 10.2. The highest BCUT2D eigenvalue weighted by molar-refractivity contribution is 5.78. The highest BCUT2D eigenvalue weighted by Gasteiger charge is 2.01. The second-order valence-corrected chi connectivity index (χ2v) is 4.32. The van der Waals surface area contributed by atoms with Crippen LogP contribution in [0.5, 0.6) is 5.75 Å². The summed E-state index contributed by atoms with van der Waals surface area (Å²) in [7, 11) is 0. The van der Waals surface area contributed by atoms with Crippen LogP contribution in [0, 0.1) is 0 Å². The molecule has 1 heterocycles. The van der Waals surface area contributed by atoms with E-state index in [-0.39, 0.29) is 0 Å². The monoisotopic (exact) mass is 250 g/mol. The Bertz CT molecular complexity index is 710. The van der Waals surface area contributed by atoms with Crippen molar-refractivity contribution < 1.29 is 4.74 Å². The summed E-state index contributed by atoms with van der Waals surface area (Å²) >= 11 is 0. The minimum absolute atomic E-state index is 0.416. The van der Waals surface area contributed by atoms with Gasteiger partial charge in [0.05, 0.1) is 16.9 Å². The molecule has 0 unspecified atom stereocenters. The van der Waals surface area contributed by atoms with E-state index >= 15 is 0 Å². The minimum Gasteiger partial charge on any atom is -0.485 e. The topological polar surface area (TPSA) is 48.1 Å². The standard InChI is InChI=1S/C16H14N2O/c17-14-6-2-4-8-16(14)19-11-13-10-9-12-5-1-3-7-15(12)18-13/h1-10H,11,17H2. The molecule has 3 nitrogen and oxygen atoms in total. The number of para-hydroxylation sites is 3. The molecule has 0 saturated carbocycles. The van der Waals surface area contributed by atoms with Gasteiger partial charge < -0.3 is 10.5 Å². The molecule has 3 aromatic rings. The van der Waals surface area contributed by atoms with Crippen LogP contribution in [0.4, 0.5) is 5.69 Å². The first-order chi connectivity index (χ1) is 9.33. The maximum absolute atomic E-state index is 5.83. The zero-order valence-corrected chi connectivity index (χ0v) is 10.4. The smallest absolute Gasteiger partial charge is 0.142 e. The van der Waals surface area contributed by atoms with E-state index in [0.29, 0.717) is 18.0 Å². The number of pyridine rings is 1. The molecule has 2 N–H and O–H groups in total. The molecule has 2 aromatic carbocycles. The fourth-order valence-corrected chi connectivity index (χ4v) is 1.95. The molecule has 0 atom stereocenters. The van der Waals surface area contributed by atoms with E-state index in [2.05, 4.69) is 11.1 Å². The molecule has 3 heteroatoms. The third-order valence-electron chi connectivity index (χ3n) is 2.95. The molecule has 94 valence electrons. The number of ether oxygens (including phenoxy) is 1. The number of nitrogen functional groups attached to an aromatic ring is 1. The van der Waals surface area contributed by atoms with Crippen molar-refractivity contribution in [2.75, 3.05) is 5.73 Å². The molecule has 0 radical (unpaired) electrons. The Morgan fingerprint density at radius 1 is 0.895 bits per heavy atom. The largest absolute Gasteiger partial charge is 0.485 e. The molecule has 0 spiro atoms. The first-order valence-corrected chi connectivity index (χ1v) is 6.15. The van der Waals surface area contributed by atoms with Crippen molar-refractivity contribution in [1.29, 1.82) is 0 Å². The van der Waals surface area contributed by atoms with E-state index < -0.39 is 0 Å². The Kier molecular flexibility index (Phi) is 3.02. The molecule has 0 aliphatic rings. The predicted octanol–water partition coefficient (Wildman–Crippen LogP) is 3.40. The zero-order chi connectivity index (χ0) is 13.1. The lowest BCUT2D eigenvalue weighted by Gasteiger charge is -2.08. The van der Waals surface area contributed by atoms with Crippen molar-refractivity contribution in [3.63, 3.8) is 0 Å². The number of rotatable bonds is 3. The average Bonchev–Trinajstić information content (AvgIpc) is 2.46. The molecule has 0 aliphatic heterocycles. The van der Waals surface area contributed by atoms with Gasteiger partial charge in [-0.1, -0.05) is 36.4 Å². The van der Waals surface area contributed by atoms with Gasteiger partial charge >= 0.3 is 0 Å². The van der Waals surface area contributed by atoms with Crippen molar-refractivity contribution in [3.8, 4) is 5.75 Å². The number of fused-ring (bicyclic) bond motifs is 1. The van der Waals surface area contributed by atoms with Crippen LogP contribution in [-0.2, 0) is 6.61 Å². The first-order valence-electron chi connectivity index (χ1n) is 6.15. The third kappa shape index (κ3) is 2.50. The molecule has 1 aromatic heterocycles. The van der Waals surface area contributed by atoms with Crippen LogP contribution in [-0.4, -0.2) is 4.98 Å². The summed E-state index contributed by atoms with van der Waals surface area (Å²) in [5.41, 5.74) is 8.34. The molecule has 19 heavy (non-hydrogen) atoms. The zero-order valence-electron chi connectivity index (χ0n) is 10.4. The number of aromatic nitrogens is 1. The number of hydrogen-bond acceptors (Lipinski definition) is 3. The van der Waals surface area contributed by atoms with Crippen LogP contribution in [0.3, 0.4) is 0 Å². The van der Waals surface area contributed by atoms with Crippen molar-refractivity contribution in [1.82, 2.24) is 4.98 Å². The second-order valence-electron chi connectivity index (χ2n) is 4.32. The van der Waals surface area contributed by atoms with E-state index in [1.54, 1.807) is 0 Å². The first kappa shape index (κ1) is 11.5. The van der Waals surface area contributed by atoms with Gasteiger partial charge in [-0.05, 0) is 24.3 Å². The Morgan fingerprint density at radius 2 is 1.68 bits per heavy atom. The van der Waals surface area contributed by atoms with Gasteiger partial charge in [-0.25, -0.2) is 4.98 Å². The predicted molar refractivity (Wildman–Crippen MR) is 76.9 cm³/mol. The van der Waals surface area contributed by atoms with Gasteiger partial charge in [0.15, 0.2) is 0 Å². The minimum atomic E-state index is 0.416. The van der Waals surface area contributed by atoms with Crippen molar-refractivity contribution in [3.05, 3.63) is 66.4 Å². The second kappa shape index (κ2) is 4.98. The van der Waals surface area contributed by atoms with Gasteiger partial charge in [0.25, 0.3) is 0 Å². The molecule has 3 rings (SSSR count). The maximum atomic E-state index is 5.83. The molecule has 0 amide bonds. The van der Waals surface area contributed by atoms with Gasteiger partial charge in [0, 0.05) is 5.39 Å². The molecule has 0 fully saturated rings. The Hall–Kier alpha value is -2.55. The fourth-order valence-electron chi connectivity index (χ4n) is 1.95. The quantitative estimate of drug-likeness (QED) is 0.725. The molecule has 0 bridgehead atoms. The molecule has 0 aliphatic carbocycles. The summed E-state index contributed by atoms with van der Waals surface area (Å²) in [5, 5.41) is 1.13. The normalized spacial score (nSPS) is 10.5. The van der Waals surface area contributed by atoms with E-state index in [1.807, 2.05) is 54.6 Å². The van der Waals surface area contributed by atoms with E-state index in [9.17, 15) is 0 Å². The van der Waals surface area contributed by atoms with Crippen molar-refractivity contribution in [2.24, 2.45) is 0 Å². The summed E-state index contributed by atoms with van der Waals surface area (Å²) in [6, 6.07) is 19.5. The van der Waals surface area contributed by atoms with E-state index in [4.69, 9.17) is 10.5 Å². The number of nitrogens with two attached hydrogens (primary N) is 1. The highest BCUT2D eigenvalue weighted by Crippen LogP contribution is 2.21. The molecule has 0 saturated heterocycles. The lowest BCUT2D eigenvalue weighted by molar-refractivity contribution is 0.303. The van der Waals surface area contributed by atoms with Crippen LogP contribution in [0.15, 0.2) is 60.7 Å². The van der Waals surface area contributed by atoms with Crippen molar-refractivity contribution in [2.45, 2.75) is 6.61 Å². The van der Waals surface area contributed by atoms with E-state index in [1.165, 1.54) is 0 Å². The fraction of sp³-hybridized carbons (Fsp3) is 0.0625. The summed E-state index contributed by atoms with van der Waals surface area (Å²) < 4.78 is 5.68. The van der Waals surface area contributed by atoms with Crippen LogP contribution in [0.25, 0.3) is 10.9 Å². The number of nitrogens with zero attached hydrogens (tertiary/aromatic N) is 1. The molecular formula is C16H14N2O. The Labute approximate surface area is 111 Å². The van der Waals surface area contributed by atoms with Crippen LogP contribution >= 0.6 is 0 Å². The van der Waals surface area contributed by atoms with Gasteiger partial charge in [0.1, 0.15) is 12.4 Å². The lowest BCUT2D eigenvalue weighted by Crippen LogP contribution is -2.00. The number of hydrogen-bond donors (Lipinski definition) is 1. The summed E-state index contributed by atoms with van der Waals surface area (Å²) in [6.07, 6.45) is 0. The van der Waals surface area contributed by atoms with Gasteiger partial charge in [-0.15, -0.1) is 0 Å². The summed E-state index contributed by atoms with van der Waals surface area (Å²) in [5.74, 6) is 0.692. The number of benzene rings is 2. The highest BCUT2D eigenvalue weighted by atomic mass is 16.5. The van der Waals surface area contributed by atoms with Crippen LogP contribution in [0.1, 0.15) is 5.69 Å². The van der Waals surface area contributed by atoms with Gasteiger partial charge in [-0.2, -0.15) is 0 Å². The van der Waals surface area contributed by atoms with Crippen molar-refractivity contribution >= 4 is 16.6 Å². The van der Waals surface area contributed by atoms with Gasteiger partial charge in [0.2, 0.25) is 0 Å². The SMILES string of the molecule is Nc1ccccc1OCc1ccc2ccccc2n1.